The highest BCUT2D eigenvalue weighted by atomic mass is 32.1. The Bertz CT molecular complexity index is 1630. The lowest BCUT2D eigenvalue weighted by molar-refractivity contribution is -0.132. The van der Waals surface area contributed by atoms with Crippen molar-refractivity contribution in [3.05, 3.63) is 106 Å². The standard InChI is InChI=1S/C31H27N3O3S/c1-19-7-5-8-24(18-19)29-28(23-11-13-25(14-12-23)32-30(36)27-9-6-16-38-27)31(37-22(4)35)34(33-29)26-15-10-20(2)17-21(26)3/h5-18H,1-4H3,(H,32,36). The summed E-state index contributed by atoms with van der Waals surface area (Å²) in [4.78, 5) is 25.5. The Hall–Kier alpha value is -4.49. The van der Waals surface area contributed by atoms with Crippen LogP contribution in [0.2, 0.25) is 0 Å². The molecule has 0 unspecified atom stereocenters. The van der Waals surface area contributed by atoms with E-state index < -0.39 is 5.97 Å². The minimum atomic E-state index is -0.437. The summed E-state index contributed by atoms with van der Waals surface area (Å²) in [6.45, 7) is 7.47. The summed E-state index contributed by atoms with van der Waals surface area (Å²) in [6.07, 6.45) is 0. The van der Waals surface area contributed by atoms with Crippen molar-refractivity contribution in [2.24, 2.45) is 0 Å². The molecule has 0 aliphatic rings. The first-order valence-electron chi connectivity index (χ1n) is 12.2. The molecule has 6 nitrogen and oxygen atoms in total. The summed E-state index contributed by atoms with van der Waals surface area (Å²) in [7, 11) is 0. The number of anilines is 1. The number of benzene rings is 3. The number of aromatic nitrogens is 2. The van der Waals surface area contributed by atoms with Crippen LogP contribution < -0.4 is 10.1 Å². The third kappa shape index (κ3) is 5.14. The van der Waals surface area contributed by atoms with Crippen molar-refractivity contribution in [1.29, 1.82) is 0 Å². The number of thiophene rings is 1. The Balaban J connectivity index is 1.66. The molecule has 7 heteroatoms. The highest BCUT2D eigenvalue weighted by Crippen LogP contribution is 2.41. The Morgan fingerprint density at radius 3 is 2.29 bits per heavy atom. The number of aryl methyl sites for hydroxylation is 3. The molecule has 5 aromatic rings. The second-order valence-corrected chi connectivity index (χ2v) is 10.2. The summed E-state index contributed by atoms with van der Waals surface area (Å²) in [5.41, 5.74) is 7.83. The second-order valence-electron chi connectivity index (χ2n) is 9.20. The van der Waals surface area contributed by atoms with Gasteiger partial charge in [0.1, 0.15) is 5.69 Å². The lowest BCUT2D eigenvalue weighted by atomic mass is 10.00. The van der Waals surface area contributed by atoms with Crippen molar-refractivity contribution in [2.75, 3.05) is 5.32 Å². The molecule has 0 atom stereocenters. The van der Waals surface area contributed by atoms with Gasteiger partial charge in [-0.3, -0.25) is 9.59 Å². The molecule has 0 aliphatic carbocycles. The minimum Gasteiger partial charge on any atom is -0.407 e. The summed E-state index contributed by atoms with van der Waals surface area (Å²) < 4.78 is 7.54. The smallest absolute Gasteiger partial charge is 0.309 e. The Morgan fingerprint density at radius 2 is 1.63 bits per heavy atom. The van der Waals surface area contributed by atoms with Gasteiger partial charge in [-0.15, -0.1) is 11.3 Å². The van der Waals surface area contributed by atoms with Gasteiger partial charge in [-0.2, -0.15) is 9.78 Å². The number of hydrogen-bond acceptors (Lipinski definition) is 5. The third-order valence-corrected chi connectivity index (χ3v) is 7.00. The first-order valence-corrected chi connectivity index (χ1v) is 13.1. The molecule has 0 saturated carbocycles. The molecule has 0 saturated heterocycles. The van der Waals surface area contributed by atoms with E-state index in [-0.39, 0.29) is 5.91 Å². The van der Waals surface area contributed by atoms with E-state index in [0.717, 1.165) is 33.5 Å². The fourth-order valence-corrected chi connectivity index (χ4v) is 5.03. The van der Waals surface area contributed by atoms with E-state index in [1.165, 1.54) is 18.3 Å². The predicted octanol–water partition coefficient (Wildman–Crippen LogP) is 7.37. The van der Waals surface area contributed by atoms with Crippen LogP contribution in [0.25, 0.3) is 28.1 Å². The molecule has 2 aromatic heterocycles. The number of carbonyl (C=O) groups excluding carboxylic acids is 2. The van der Waals surface area contributed by atoms with Gasteiger partial charge in [0.05, 0.1) is 16.1 Å². The molecule has 5 rings (SSSR count). The molecular weight excluding hydrogens is 494 g/mol. The van der Waals surface area contributed by atoms with Crippen molar-refractivity contribution < 1.29 is 14.3 Å². The maximum Gasteiger partial charge on any atom is 0.309 e. The molecule has 3 aromatic carbocycles. The Labute approximate surface area is 225 Å². The Morgan fingerprint density at radius 1 is 0.868 bits per heavy atom. The maximum absolute atomic E-state index is 12.5. The third-order valence-electron chi connectivity index (χ3n) is 6.13. The number of nitrogens with zero attached hydrogens (tertiary/aromatic N) is 2. The van der Waals surface area contributed by atoms with Gasteiger partial charge in [0.15, 0.2) is 0 Å². The SMILES string of the molecule is CC(=O)Oc1c(-c2ccc(NC(=O)c3cccs3)cc2)c(-c2cccc(C)c2)nn1-c1ccc(C)cc1C. The van der Waals surface area contributed by atoms with Crippen LogP contribution in [0, 0.1) is 20.8 Å². The largest absolute Gasteiger partial charge is 0.407 e. The van der Waals surface area contributed by atoms with E-state index in [9.17, 15) is 9.59 Å². The van der Waals surface area contributed by atoms with Crippen LogP contribution in [0.15, 0.2) is 84.2 Å². The van der Waals surface area contributed by atoms with Crippen LogP contribution in [-0.4, -0.2) is 21.7 Å². The minimum absolute atomic E-state index is 0.156. The fraction of sp³-hybridized carbons (Fsp3) is 0.129. The van der Waals surface area contributed by atoms with Crippen LogP contribution in [0.5, 0.6) is 5.88 Å². The van der Waals surface area contributed by atoms with Gasteiger partial charge in [-0.05, 0) is 67.6 Å². The van der Waals surface area contributed by atoms with Crippen LogP contribution in [0.4, 0.5) is 5.69 Å². The van der Waals surface area contributed by atoms with Gasteiger partial charge >= 0.3 is 5.97 Å². The topological polar surface area (TPSA) is 73.2 Å². The Kier molecular flexibility index (Phi) is 6.94. The molecule has 38 heavy (non-hydrogen) atoms. The fourth-order valence-electron chi connectivity index (χ4n) is 4.41. The molecule has 2 heterocycles. The second kappa shape index (κ2) is 10.5. The van der Waals surface area contributed by atoms with Gasteiger partial charge in [-0.25, -0.2) is 0 Å². The van der Waals surface area contributed by atoms with Crippen LogP contribution >= 0.6 is 11.3 Å². The zero-order valence-corrected chi connectivity index (χ0v) is 22.4. The van der Waals surface area contributed by atoms with Crippen molar-refractivity contribution in [1.82, 2.24) is 9.78 Å². The molecule has 0 radical (unpaired) electrons. The molecule has 190 valence electrons. The molecule has 1 N–H and O–H groups in total. The van der Waals surface area contributed by atoms with E-state index in [1.54, 1.807) is 10.7 Å². The number of ether oxygens (including phenoxy) is 1. The number of esters is 1. The summed E-state index contributed by atoms with van der Waals surface area (Å²) in [6, 6.07) is 25.3. The average molecular weight is 522 g/mol. The molecule has 1 amide bonds. The number of carbonyl (C=O) groups is 2. The summed E-state index contributed by atoms with van der Waals surface area (Å²) in [5.74, 6) is -0.249. The van der Waals surface area contributed by atoms with E-state index in [4.69, 9.17) is 9.84 Å². The predicted molar refractivity (Wildman–Crippen MR) is 152 cm³/mol. The highest BCUT2D eigenvalue weighted by Gasteiger charge is 2.25. The quantitative estimate of drug-likeness (QED) is 0.237. The maximum atomic E-state index is 12.5. The van der Waals surface area contributed by atoms with E-state index >= 15 is 0 Å². The summed E-state index contributed by atoms with van der Waals surface area (Å²) in [5, 5.41) is 9.79. The monoisotopic (exact) mass is 521 g/mol. The van der Waals surface area contributed by atoms with Gasteiger partial charge in [0.2, 0.25) is 5.88 Å². The van der Waals surface area contributed by atoms with Gasteiger partial charge < -0.3 is 10.1 Å². The van der Waals surface area contributed by atoms with Crippen molar-refractivity contribution in [3.63, 3.8) is 0 Å². The van der Waals surface area contributed by atoms with E-state index in [2.05, 4.69) is 17.4 Å². The number of rotatable bonds is 6. The molecule has 0 aliphatic heterocycles. The van der Waals surface area contributed by atoms with E-state index in [1.807, 2.05) is 86.8 Å². The van der Waals surface area contributed by atoms with Crippen LogP contribution in [0.1, 0.15) is 33.3 Å². The lowest BCUT2D eigenvalue weighted by Gasteiger charge is -2.12. The van der Waals surface area contributed by atoms with E-state index in [0.29, 0.717) is 27.7 Å². The molecule has 0 bridgehead atoms. The van der Waals surface area contributed by atoms with Crippen molar-refractivity contribution in [3.8, 4) is 34.0 Å². The number of hydrogen-bond donors (Lipinski definition) is 1. The van der Waals surface area contributed by atoms with Crippen LogP contribution in [-0.2, 0) is 4.79 Å². The van der Waals surface area contributed by atoms with Gasteiger partial charge in [0.25, 0.3) is 5.91 Å². The van der Waals surface area contributed by atoms with Crippen molar-refractivity contribution in [2.45, 2.75) is 27.7 Å². The number of amides is 1. The first-order chi connectivity index (χ1) is 18.3. The zero-order chi connectivity index (χ0) is 26.8. The number of nitrogens with one attached hydrogen (secondary N) is 1. The lowest BCUT2D eigenvalue weighted by Crippen LogP contribution is -2.10. The normalized spacial score (nSPS) is 10.8. The van der Waals surface area contributed by atoms with Gasteiger partial charge in [0, 0.05) is 18.2 Å². The average Bonchev–Trinajstić information content (AvgIpc) is 3.54. The first kappa shape index (κ1) is 25.2. The summed E-state index contributed by atoms with van der Waals surface area (Å²) >= 11 is 1.39. The molecular formula is C31H27N3O3S. The van der Waals surface area contributed by atoms with Crippen molar-refractivity contribution >= 4 is 28.9 Å². The zero-order valence-electron chi connectivity index (χ0n) is 21.6. The highest BCUT2D eigenvalue weighted by molar-refractivity contribution is 7.12. The van der Waals surface area contributed by atoms with Gasteiger partial charge in [-0.1, -0.05) is 59.7 Å². The van der Waals surface area contributed by atoms with Crippen LogP contribution in [0.3, 0.4) is 0 Å². The molecule has 0 fully saturated rings. The molecule has 0 spiro atoms.